The number of hydrogen-bond acceptors (Lipinski definition) is 0. The molecule has 0 spiro atoms. The molecule has 0 aliphatic carbocycles. The highest BCUT2D eigenvalue weighted by atomic mass is 14.2. The van der Waals surface area contributed by atoms with Gasteiger partial charge in [0.15, 0.2) is 0 Å². The Hall–Kier alpha value is 0. The minimum absolute atomic E-state index is 0.909. The van der Waals surface area contributed by atoms with Gasteiger partial charge in [-0.2, -0.15) is 0 Å². The second-order valence-corrected chi connectivity index (χ2v) is 10.5. The molecule has 0 fully saturated rings. The third-order valence-corrected chi connectivity index (χ3v) is 6.64. The Kier molecular flexibility index (Phi) is 18.1. The SMILES string of the molecule is CCCCCCC(C)CCCCCC(C)CC(C)CC(C)CC(C)CCC. The van der Waals surface area contributed by atoms with Crippen molar-refractivity contribution in [1.29, 1.82) is 0 Å². The summed E-state index contributed by atoms with van der Waals surface area (Å²) in [5.41, 5.74) is 0. The summed E-state index contributed by atoms with van der Waals surface area (Å²) in [6.45, 7) is 17.0. The molecule has 0 aromatic carbocycles. The third-order valence-electron chi connectivity index (χ3n) is 6.64. The minimum atomic E-state index is 0.909. The van der Waals surface area contributed by atoms with Crippen molar-refractivity contribution in [3.8, 4) is 0 Å². The van der Waals surface area contributed by atoms with Gasteiger partial charge in [-0.25, -0.2) is 0 Å². The molecule has 27 heavy (non-hydrogen) atoms. The van der Waals surface area contributed by atoms with Gasteiger partial charge in [-0.15, -0.1) is 0 Å². The molecule has 0 aliphatic rings. The summed E-state index contributed by atoms with van der Waals surface area (Å²) >= 11 is 0. The highest BCUT2D eigenvalue weighted by molar-refractivity contribution is 4.66. The smallest absolute Gasteiger partial charge is 0.0438 e. The second kappa shape index (κ2) is 18.1. The van der Waals surface area contributed by atoms with Gasteiger partial charge in [0, 0.05) is 0 Å². The van der Waals surface area contributed by atoms with Crippen molar-refractivity contribution in [3.05, 3.63) is 0 Å². The molecule has 5 unspecified atom stereocenters. The third kappa shape index (κ3) is 17.8. The molecule has 0 N–H and O–H groups in total. The van der Waals surface area contributed by atoms with Crippen LogP contribution in [0, 0.1) is 29.6 Å². The van der Waals surface area contributed by atoms with Gasteiger partial charge in [0.2, 0.25) is 0 Å². The zero-order valence-electron chi connectivity index (χ0n) is 20.5. The van der Waals surface area contributed by atoms with Gasteiger partial charge < -0.3 is 0 Å². The van der Waals surface area contributed by atoms with Crippen molar-refractivity contribution in [1.82, 2.24) is 0 Å². The molecule has 0 radical (unpaired) electrons. The van der Waals surface area contributed by atoms with Gasteiger partial charge in [0.1, 0.15) is 0 Å². The number of rotatable bonds is 19. The first-order valence-electron chi connectivity index (χ1n) is 12.9. The normalized spacial score (nSPS) is 17.4. The Morgan fingerprint density at radius 3 is 1.26 bits per heavy atom. The summed E-state index contributed by atoms with van der Waals surface area (Å²) in [4.78, 5) is 0. The summed E-state index contributed by atoms with van der Waals surface area (Å²) in [5.74, 6) is 4.62. The largest absolute Gasteiger partial charge is 0.0654 e. The van der Waals surface area contributed by atoms with Crippen LogP contribution in [0.4, 0.5) is 0 Å². The maximum Gasteiger partial charge on any atom is -0.0438 e. The van der Waals surface area contributed by atoms with Gasteiger partial charge in [-0.1, -0.05) is 126 Å². The van der Waals surface area contributed by atoms with E-state index in [1.807, 2.05) is 0 Å². The average Bonchev–Trinajstić information content (AvgIpc) is 2.58. The molecule has 0 aromatic heterocycles. The van der Waals surface area contributed by atoms with Gasteiger partial charge in [-0.3, -0.25) is 0 Å². The minimum Gasteiger partial charge on any atom is -0.0654 e. The summed E-state index contributed by atoms with van der Waals surface area (Å²) in [7, 11) is 0. The summed E-state index contributed by atoms with van der Waals surface area (Å²) in [5, 5.41) is 0. The lowest BCUT2D eigenvalue weighted by atomic mass is 9.83. The molecule has 164 valence electrons. The van der Waals surface area contributed by atoms with Gasteiger partial charge >= 0.3 is 0 Å². The topological polar surface area (TPSA) is 0 Å². The highest BCUT2D eigenvalue weighted by Gasteiger charge is 2.14. The van der Waals surface area contributed by atoms with Crippen LogP contribution in [0.15, 0.2) is 0 Å². The Balaban J connectivity index is 3.65. The predicted molar refractivity (Wildman–Crippen MR) is 126 cm³/mol. The lowest BCUT2D eigenvalue weighted by molar-refractivity contribution is 0.293. The fourth-order valence-electron chi connectivity index (χ4n) is 5.21. The second-order valence-electron chi connectivity index (χ2n) is 10.5. The van der Waals surface area contributed by atoms with E-state index in [1.165, 1.54) is 96.3 Å². The maximum atomic E-state index is 2.50. The van der Waals surface area contributed by atoms with Crippen molar-refractivity contribution >= 4 is 0 Å². The first-order chi connectivity index (χ1) is 12.9. The molecular formula is C27H56. The van der Waals surface area contributed by atoms with Crippen molar-refractivity contribution in [3.63, 3.8) is 0 Å². The Bertz CT molecular complexity index is 294. The van der Waals surface area contributed by atoms with Crippen LogP contribution in [-0.4, -0.2) is 0 Å². The van der Waals surface area contributed by atoms with Crippen molar-refractivity contribution < 1.29 is 0 Å². The Morgan fingerprint density at radius 2 is 0.778 bits per heavy atom. The van der Waals surface area contributed by atoms with Gasteiger partial charge in [0.05, 0.1) is 0 Å². The fourth-order valence-corrected chi connectivity index (χ4v) is 5.21. The van der Waals surface area contributed by atoms with E-state index in [1.54, 1.807) is 0 Å². The van der Waals surface area contributed by atoms with Crippen molar-refractivity contribution in [2.45, 2.75) is 145 Å². The molecule has 0 rings (SSSR count). The van der Waals surface area contributed by atoms with E-state index in [9.17, 15) is 0 Å². The zero-order chi connectivity index (χ0) is 20.5. The first-order valence-corrected chi connectivity index (χ1v) is 12.9. The predicted octanol–water partition coefficient (Wildman–Crippen LogP) is 10.1. The van der Waals surface area contributed by atoms with Crippen LogP contribution in [0.25, 0.3) is 0 Å². The van der Waals surface area contributed by atoms with Gasteiger partial charge in [0.25, 0.3) is 0 Å². The quantitative estimate of drug-likeness (QED) is 0.195. The molecule has 0 nitrogen and oxygen atoms in total. The average molecular weight is 381 g/mol. The zero-order valence-corrected chi connectivity index (χ0v) is 20.5. The van der Waals surface area contributed by atoms with Gasteiger partial charge in [-0.05, 0) is 48.9 Å². The van der Waals surface area contributed by atoms with Crippen molar-refractivity contribution in [2.24, 2.45) is 29.6 Å². The molecule has 0 bridgehead atoms. The highest BCUT2D eigenvalue weighted by Crippen LogP contribution is 2.27. The van der Waals surface area contributed by atoms with E-state index >= 15 is 0 Å². The van der Waals surface area contributed by atoms with Crippen LogP contribution in [-0.2, 0) is 0 Å². The molecule has 0 amide bonds. The van der Waals surface area contributed by atoms with E-state index in [-0.39, 0.29) is 0 Å². The van der Waals surface area contributed by atoms with Crippen LogP contribution in [0.3, 0.4) is 0 Å². The van der Waals surface area contributed by atoms with E-state index in [0.29, 0.717) is 0 Å². The molecule has 5 atom stereocenters. The van der Waals surface area contributed by atoms with E-state index < -0.39 is 0 Å². The standard InChI is InChI=1S/C27H56/c1-8-10-11-13-17-23(3)18-14-12-15-19-25(5)21-27(7)22-26(6)20-24(4)16-9-2/h23-27H,8-22H2,1-7H3. The van der Waals surface area contributed by atoms with Crippen LogP contribution in [0.5, 0.6) is 0 Å². The lowest BCUT2D eigenvalue weighted by Crippen LogP contribution is -2.10. The summed E-state index contributed by atoms with van der Waals surface area (Å²) in [6, 6.07) is 0. The van der Waals surface area contributed by atoms with E-state index in [0.717, 1.165) is 29.6 Å². The molecule has 0 saturated heterocycles. The number of unbranched alkanes of at least 4 members (excludes halogenated alkanes) is 5. The molecule has 0 saturated carbocycles. The van der Waals surface area contributed by atoms with E-state index in [2.05, 4.69) is 48.5 Å². The maximum absolute atomic E-state index is 2.50. The van der Waals surface area contributed by atoms with Crippen LogP contribution in [0.2, 0.25) is 0 Å². The van der Waals surface area contributed by atoms with Crippen molar-refractivity contribution in [2.75, 3.05) is 0 Å². The molecular weight excluding hydrogens is 324 g/mol. The molecule has 0 aliphatic heterocycles. The fraction of sp³-hybridized carbons (Fsp3) is 1.00. The van der Waals surface area contributed by atoms with Crippen LogP contribution < -0.4 is 0 Å². The Labute approximate surface area is 174 Å². The van der Waals surface area contributed by atoms with Crippen LogP contribution >= 0.6 is 0 Å². The lowest BCUT2D eigenvalue weighted by Gasteiger charge is -2.23. The molecule has 0 aromatic rings. The van der Waals surface area contributed by atoms with Crippen LogP contribution in [0.1, 0.15) is 145 Å². The molecule has 0 heteroatoms. The summed E-state index contributed by atoms with van der Waals surface area (Å²) in [6.07, 6.45) is 21.5. The first kappa shape index (κ1) is 27.0. The Morgan fingerprint density at radius 1 is 0.370 bits per heavy atom. The number of hydrogen-bond donors (Lipinski definition) is 0. The molecule has 0 heterocycles. The monoisotopic (exact) mass is 380 g/mol. The van der Waals surface area contributed by atoms with E-state index in [4.69, 9.17) is 0 Å². The summed E-state index contributed by atoms with van der Waals surface area (Å²) < 4.78 is 0.